The Morgan fingerprint density at radius 2 is 1.97 bits per heavy atom. The van der Waals surface area contributed by atoms with E-state index in [-0.39, 0.29) is 11.9 Å². The maximum atomic E-state index is 13.2. The molecule has 1 aromatic heterocycles. The van der Waals surface area contributed by atoms with Crippen LogP contribution in [0.4, 0.5) is 0 Å². The van der Waals surface area contributed by atoms with Crippen molar-refractivity contribution in [2.24, 2.45) is 0 Å². The molecule has 5 rings (SSSR count). The quantitative estimate of drug-likeness (QED) is 0.637. The van der Waals surface area contributed by atoms with Crippen molar-refractivity contribution in [3.05, 3.63) is 53.8 Å². The fraction of sp³-hybridized carbons (Fsp3) is 0.375. The highest BCUT2D eigenvalue weighted by Gasteiger charge is 2.31. The van der Waals surface area contributed by atoms with Crippen LogP contribution in [0, 0.1) is 0 Å². The van der Waals surface area contributed by atoms with E-state index in [1.807, 2.05) is 35.2 Å². The minimum absolute atomic E-state index is 0.0629. The molecule has 0 radical (unpaired) electrons. The summed E-state index contributed by atoms with van der Waals surface area (Å²) in [6.45, 7) is 2.09. The van der Waals surface area contributed by atoms with Crippen LogP contribution in [0.3, 0.4) is 0 Å². The minimum Gasteiger partial charge on any atom is -0.497 e. The zero-order valence-electron chi connectivity index (χ0n) is 17.1. The van der Waals surface area contributed by atoms with Crippen molar-refractivity contribution in [3.63, 3.8) is 0 Å². The van der Waals surface area contributed by atoms with Crippen molar-refractivity contribution >= 4 is 16.9 Å². The smallest absolute Gasteiger partial charge is 0.227 e. The molecule has 1 saturated heterocycles. The maximum absolute atomic E-state index is 13.2. The molecule has 6 nitrogen and oxygen atoms in total. The summed E-state index contributed by atoms with van der Waals surface area (Å²) < 4.78 is 22.5. The number of nitrogens with zero attached hydrogens (tertiary/aromatic N) is 1. The molecule has 0 spiro atoms. The first-order chi connectivity index (χ1) is 14.7. The van der Waals surface area contributed by atoms with E-state index in [1.165, 1.54) is 0 Å². The first-order valence-electron chi connectivity index (χ1n) is 10.5. The van der Waals surface area contributed by atoms with Gasteiger partial charge in [0, 0.05) is 30.0 Å². The summed E-state index contributed by atoms with van der Waals surface area (Å²) in [6, 6.07) is 11.8. The van der Waals surface area contributed by atoms with E-state index in [0.717, 1.165) is 65.2 Å². The van der Waals surface area contributed by atoms with E-state index in [4.69, 9.17) is 18.6 Å². The summed E-state index contributed by atoms with van der Waals surface area (Å²) in [4.78, 5) is 15.2. The van der Waals surface area contributed by atoms with Crippen molar-refractivity contribution in [1.82, 2.24) is 4.90 Å². The molecular formula is C24H25NO5. The van der Waals surface area contributed by atoms with Crippen LogP contribution in [-0.2, 0) is 11.2 Å². The lowest BCUT2D eigenvalue weighted by atomic mass is 10.0. The molecule has 0 N–H and O–H groups in total. The SMILES string of the molecule is COc1ccc2c(CC(=O)N3CCC[C@@H]3c3ccc4c(c3)OCCCO4)coc2c1. The molecular weight excluding hydrogens is 382 g/mol. The third kappa shape index (κ3) is 3.47. The molecule has 1 atom stereocenters. The molecule has 0 unspecified atom stereocenters. The van der Waals surface area contributed by atoms with Gasteiger partial charge in [0.2, 0.25) is 5.91 Å². The molecule has 0 saturated carbocycles. The van der Waals surface area contributed by atoms with Gasteiger partial charge in [-0.05, 0) is 42.7 Å². The largest absolute Gasteiger partial charge is 0.497 e. The number of carbonyl (C=O) groups excluding carboxylic acids is 1. The van der Waals surface area contributed by atoms with Crippen LogP contribution >= 0.6 is 0 Å². The minimum atomic E-state index is 0.0629. The third-order valence-corrected chi connectivity index (χ3v) is 5.93. The summed E-state index contributed by atoms with van der Waals surface area (Å²) in [5.41, 5.74) is 2.74. The molecule has 2 aromatic carbocycles. The van der Waals surface area contributed by atoms with Gasteiger partial charge in [-0.3, -0.25) is 4.79 Å². The Kier molecular flexibility index (Phi) is 4.99. The Balaban J connectivity index is 1.36. The van der Waals surface area contributed by atoms with Crippen LogP contribution in [0.2, 0.25) is 0 Å². The van der Waals surface area contributed by atoms with E-state index >= 15 is 0 Å². The second kappa shape index (κ2) is 7.94. The summed E-state index contributed by atoms with van der Waals surface area (Å²) >= 11 is 0. The van der Waals surface area contributed by atoms with Gasteiger partial charge in [-0.1, -0.05) is 6.07 Å². The van der Waals surface area contributed by atoms with Gasteiger partial charge in [0.1, 0.15) is 11.3 Å². The first-order valence-corrected chi connectivity index (χ1v) is 10.5. The van der Waals surface area contributed by atoms with Crippen molar-refractivity contribution in [1.29, 1.82) is 0 Å². The van der Waals surface area contributed by atoms with E-state index < -0.39 is 0 Å². The van der Waals surface area contributed by atoms with Crippen molar-refractivity contribution in [2.45, 2.75) is 31.7 Å². The van der Waals surface area contributed by atoms with Crippen LogP contribution in [0.25, 0.3) is 11.0 Å². The Morgan fingerprint density at radius 3 is 2.83 bits per heavy atom. The van der Waals surface area contributed by atoms with Crippen LogP contribution < -0.4 is 14.2 Å². The molecule has 3 heterocycles. The number of rotatable bonds is 4. The van der Waals surface area contributed by atoms with Crippen LogP contribution in [0.1, 0.15) is 36.4 Å². The summed E-state index contributed by atoms with van der Waals surface area (Å²) in [5.74, 6) is 2.42. The van der Waals surface area contributed by atoms with Gasteiger partial charge < -0.3 is 23.5 Å². The summed E-state index contributed by atoms with van der Waals surface area (Å²) in [7, 11) is 1.63. The highest BCUT2D eigenvalue weighted by Crippen LogP contribution is 2.38. The standard InChI is InChI=1S/C24H25NO5/c1-27-18-6-7-19-17(15-30-22(19)14-18)13-24(26)25-9-2-4-20(25)16-5-8-21-23(12-16)29-11-3-10-28-21/h5-8,12,14-15,20H,2-4,9-11,13H2,1H3/t20-/m1/s1. The van der Waals surface area contributed by atoms with E-state index in [0.29, 0.717) is 19.6 Å². The predicted octanol–water partition coefficient (Wildman–Crippen LogP) is 4.51. The van der Waals surface area contributed by atoms with Crippen LogP contribution in [0.15, 0.2) is 47.1 Å². The Labute approximate surface area is 175 Å². The van der Waals surface area contributed by atoms with Gasteiger partial charge in [-0.2, -0.15) is 0 Å². The lowest BCUT2D eigenvalue weighted by Crippen LogP contribution is -2.31. The number of methoxy groups -OCH3 is 1. The number of amides is 1. The summed E-state index contributed by atoms with van der Waals surface area (Å²) in [5, 5.41) is 0.954. The van der Waals surface area contributed by atoms with E-state index in [1.54, 1.807) is 13.4 Å². The normalized spacial score (nSPS) is 18.4. The monoisotopic (exact) mass is 407 g/mol. The van der Waals surface area contributed by atoms with Gasteiger partial charge in [-0.25, -0.2) is 0 Å². The number of carbonyl (C=O) groups is 1. The molecule has 0 aliphatic carbocycles. The van der Waals surface area contributed by atoms with Gasteiger partial charge in [0.15, 0.2) is 11.5 Å². The van der Waals surface area contributed by atoms with Gasteiger partial charge in [0.25, 0.3) is 0 Å². The topological polar surface area (TPSA) is 61.1 Å². The lowest BCUT2D eigenvalue weighted by molar-refractivity contribution is -0.131. The Bertz CT molecular complexity index is 1070. The second-order valence-electron chi connectivity index (χ2n) is 7.80. The van der Waals surface area contributed by atoms with Crippen molar-refractivity contribution < 1.29 is 23.4 Å². The Morgan fingerprint density at radius 1 is 1.10 bits per heavy atom. The van der Waals surface area contributed by atoms with Crippen molar-refractivity contribution in [3.8, 4) is 17.2 Å². The van der Waals surface area contributed by atoms with E-state index in [9.17, 15) is 4.79 Å². The number of ether oxygens (including phenoxy) is 3. The number of hydrogen-bond acceptors (Lipinski definition) is 5. The number of furan rings is 1. The highest BCUT2D eigenvalue weighted by molar-refractivity contribution is 5.88. The number of fused-ring (bicyclic) bond motifs is 2. The molecule has 3 aromatic rings. The molecule has 2 aliphatic rings. The number of hydrogen-bond donors (Lipinski definition) is 0. The average molecular weight is 407 g/mol. The Hall–Kier alpha value is -3.15. The van der Waals surface area contributed by atoms with Gasteiger partial charge in [0.05, 0.1) is 39.0 Å². The zero-order valence-corrected chi connectivity index (χ0v) is 17.1. The second-order valence-corrected chi connectivity index (χ2v) is 7.80. The van der Waals surface area contributed by atoms with Crippen molar-refractivity contribution in [2.75, 3.05) is 26.9 Å². The van der Waals surface area contributed by atoms with Crippen LogP contribution in [0.5, 0.6) is 17.2 Å². The molecule has 1 fully saturated rings. The van der Waals surface area contributed by atoms with Gasteiger partial charge in [-0.15, -0.1) is 0 Å². The predicted molar refractivity (Wildman–Crippen MR) is 112 cm³/mol. The molecule has 2 aliphatic heterocycles. The molecule has 156 valence electrons. The van der Waals surface area contributed by atoms with E-state index in [2.05, 4.69) is 6.07 Å². The maximum Gasteiger partial charge on any atom is 0.227 e. The number of benzene rings is 2. The molecule has 1 amide bonds. The molecule has 30 heavy (non-hydrogen) atoms. The van der Waals surface area contributed by atoms with Gasteiger partial charge >= 0.3 is 0 Å². The highest BCUT2D eigenvalue weighted by atomic mass is 16.5. The zero-order chi connectivity index (χ0) is 20.5. The fourth-order valence-electron chi connectivity index (χ4n) is 4.39. The fourth-order valence-corrected chi connectivity index (χ4v) is 4.39. The third-order valence-electron chi connectivity index (χ3n) is 5.93. The number of likely N-dealkylation sites (tertiary alicyclic amines) is 1. The van der Waals surface area contributed by atoms with Crippen LogP contribution in [-0.4, -0.2) is 37.7 Å². The summed E-state index contributed by atoms with van der Waals surface area (Å²) in [6.07, 6.45) is 4.83. The molecule has 6 heteroatoms. The average Bonchev–Trinajstić information content (AvgIpc) is 3.34. The lowest BCUT2D eigenvalue weighted by Gasteiger charge is -2.25. The first kappa shape index (κ1) is 18.9. The molecule has 0 bridgehead atoms.